The van der Waals surface area contributed by atoms with Crippen molar-refractivity contribution in [1.82, 2.24) is 0 Å². The lowest BCUT2D eigenvalue weighted by molar-refractivity contribution is 0.476. The van der Waals surface area contributed by atoms with E-state index in [1.807, 2.05) is 0 Å². The number of hydrogen-bond acceptors (Lipinski definition) is 2. The fraction of sp³-hybridized carbons (Fsp3) is 0. The van der Waals surface area contributed by atoms with Gasteiger partial charge in [-0.05, 0) is 29.7 Å². The molecule has 2 aromatic carbocycles. The van der Waals surface area contributed by atoms with Gasteiger partial charge in [0.15, 0.2) is 0 Å². The summed E-state index contributed by atoms with van der Waals surface area (Å²) >= 11 is 0. The highest BCUT2D eigenvalue weighted by atomic mass is 19.1. The monoisotopic (exact) mass is 177 g/mol. The Hall–Kier alpha value is -1.77. The molecule has 0 aromatic heterocycles. The van der Waals surface area contributed by atoms with Gasteiger partial charge in [-0.15, -0.1) is 0 Å². The van der Waals surface area contributed by atoms with Gasteiger partial charge in [0, 0.05) is 11.1 Å². The van der Waals surface area contributed by atoms with E-state index < -0.39 is 5.82 Å². The molecule has 0 unspecified atom stereocenters. The average Bonchev–Trinajstić information content (AvgIpc) is 2.06. The van der Waals surface area contributed by atoms with Gasteiger partial charge < -0.3 is 10.8 Å². The number of aromatic hydroxyl groups is 1. The van der Waals surface area contributed by atoms with Crippen LogP contribution in [0.4, 0.5) is 10.1 Å². The summed E-state index contributed by atoms with van der Waals surface area (Å²) in [6, 6.07) is 7.41. The van der Waals surface area contributed by atoms with E-state index >= 15 is 0 Å². The molecule has 0 aliphatic rings. The molecule has 0 radical (unpaired) electrons. The second-order valence-corrected chi connectivity index (χ2v) is 2.91. The molecule has 0 heterocycles. The Morgan fingerprint density at radius 2 is 1.92 bits per heavy atom. The summed E-state index contributed by atoms with van der Waals surface area (Å²) in [5, 5.41) is 10.2. The van der Waals surface area contributed by atoms with Crippen molar-refractivity contribution < 1.29 is 9.50 Å². The van der Waals surface area contributed by atoms with Crippen LogP contribution in [0.2, 0.25) is 0 Å². The standard InChI is InChI=1S/C10H8FNO/c11-10-4-7(12)3-6-1-2-8(13)5-9(6)10/h1-5,13H,12H2. The number of rotatable bonds is 0. The van der Waals surface area contributed by atoms with Gasteiger partial charge in [-0.1, -0.05) is 6.07 Å². The summed E-state index contributed by atoms with van der Waals surface area (Å²) in [6.07, 6.45) is 0. The van der Waals surface area contributed by atoms with Gasteiger partial charge in [-0.3, -0.25) is 0 Å². The number of halogens is 1. The van der Waals surface area contributed by atoms with Crippen molar-refractivity contribution in [3.8, 4) is 5.75 Å². The SMILES string of the molecule is Nc1cc(F)c2cc(O)ccc2c1. The number of phenolic OH excluding ortho intramolecular Hbond substituents is 1. The van der Waals surface area contributed by atoms with Crippen molar-refractivity contribution in [3.63, 3.8) is 0 Å². The zero-order valence-electron chi connectivity index (χ0n) is 6.79. The lowest BCUT2D eigenvalue weighted by Crippen LogP contribution is -1.87. The predicted octanol–water partition coefficient (Wildman–Crippen LogP) is 2.27. The van der Waals surface area contributed by atoms with Crippen molar-refractivity contribution in [3.05, 3.63) is 36.1 Å². The van der Waals surface area contributed by atoms with Crippen LogP contribution in [-0.2, 0) is 0 Å². The lowest BCUT2D eigenvalue weighted by Gasteiger charge is -2.01. The van der Waals surface area contributed by atoms with E-state index in [1.165, 1.54) is 18.2 Å². The fourth-order valence-electron chi connectivity index (χ4n) is 1.32. The zero-order chi connectivity index (χ0) is 9.42. The van der Waals surface area contributed by atoms with Crippen molar-refractivity contribution in [2.75, 3.05) is 5.73 Å². The molecule has 0 spiro atoms. The number of fused-ring (bicyclic) bond motifs is 1. The summed E-state index contributed by atoms with van der Waals surface area (Å²) in [6.45, 7) is 0. The third-order valence-corrected chi connectivity index (χ3v) is 1.91. The van der Waals surface area contributed by atoms with E-state index in [0.717, 1.165) is 0 Å². The zero-order valence-corrected chi connectivity index (χ0v) is 6.79. The highest BCUT2D eigenvalue weighted by Crippen LogP contribution is 2.24. The van der Waals surface area contributed by atoms with Crippen LogP contribution in [-0.4, -0.2) is 5.11 Å². The molecule has 0 bridgehead atoms. The minimum absolute atomic E-state index is 0.0520. The predicted molar refractivity (Wildman–Crippen MR) is 50.0 cm³/mol. The molecule has 2 aromatic rings. The van der Waals surface area contributed by atoms with Gasteiger partial charge in [0.05, 0.1) is 0 Å². The maximum atomic E-state index is 13.2. The molecule has 0 fully saturated rings. The molecule has 2 nitrogen and oxygen atoms in total. The Morgan fingerprint density at radius 3 is 2.69 bits per heavy atom. The Bertz CT molecular complexity index is 468. The minimum Gasteiger partial charge on any atom is -0.508 e. The molecular weight excluding hydrogens is 169 g/mol. The first kappa shape index (κ1) is 7.86. The largest absolute Gasteiger partial charge is 0.508 e. The maximum absolute atomic E-state index is 13.2. The third-order valence-electron chi connectivity index (χ3n) is 1.91. The van der Waals surface area contributed by atoms with E-state index in [9.17, 15) is 4.39 Å². The number of benzene rings is 2. The summed E-state index contributed by atoms with van der Waals surface area (Å²) in [4.78, 5) is 0. The van der Waals surface area contributed by atoms with E-state index in [1.54, 1.807) is 12.1 Å². The topological polar surface area (TPSA) is 46.2 Å². The number of nitrogens with two attached hydrogens (primary N) is 1. The van der Waals surface area contributed by atoms with Crippen molar-refractivity contribution in [1.29, 1.82) is 0 Å². The number of hydrogen-bond donors (Lipinski definition) is 2. The molecule has 0 amide bonds. The number of anilines is 1. The lowest BCUT2D eigenvalue weighted by atomic mass is 10.1. The Kier molecular flexibility index (Phi) is 1.59. The molecule has 0 aliphatic heterocycles. The molecular formula is C10H8FNO. The maximum Gasteiger partial charge on any atom is 0.133 e. The van der Waals surface area contributed by atoms with Crippen molar-refractivity contribution in [2.45, 2.75) is 0 Å². The van der Waals surface area contributed by atoms with Crippen LogP contribution in [0, 0.1) is 5.82 Å². The van der Waals surface area contributed by atoms with Crippen LogP contribution in [0.15, 0.2) is 30.3 Å². The summed E-state index contributed by atoms with van der Waals surface area (Å²) in [5.74, 6) is -0.359. The average molecular weight is 177 g/mol. The molecule has 0 saturated carbocycles. The summed E-state index contributed by atoms with van der Waals surface area (Å²) in [5.41, 5.74) is 5.85. The van der Waals surface area contributed by atoms with E-state index in [4.69, 9.17) is 10.8 Å². The number of phenols is 1. The van der Waals surface area contributed by atoms with Gasteiger partial charge in [-0.25, -0.2) is 4.39 Å². The molecule has 13 heavy (non-hydrogen) atoms. The van der Waals surface area contributed by atoms with Crippen LogP contribution in [0.25, 0.3) is 10.8 Å². The third kappa shape index (κ3) is 1.28. The van der Waals surface area contributed by atoms with E-state index in [2.05, 4.69) is 0 Å². The normalized spacial score (nSPS) is 10.5. The van der Waals surface area contributed by atoms with Crippen LogP contribution >= 0.6 is 0 Å². The molecule has 0 aliphatic carbocycles. The minimum atomic E-state index is -0.411. The van der Waals surface area contributed by atoms with Crippen LogP contribution in [0.3, 0.4) is 0 Å². The van der Waals surface area contributed by atoms with Gasteiger partial charge >= 0.3 is 0 Å². The van der Waals surface area contributed by atoms with Crippen LogP contribution in [0.1, 0.15) is 0 Å². The molecule has 66 valence electrons. The fourth-order valence-corrected chi connectivity index (χ4v) is 1.32. The molecule has 3 heteroatoms. The van der Waals surface area contributed by atoms with Gasteiger partial charge in [0.1, 0.15) is 11.6 Å². The van der Waals surface area contributed by atoms with Crippen molar-refractivity contribution >= 4 is 16.5 Å². The molecule has 2 rings (SSSR count). The molecule has 0 atom stereocenters. The first-order valence-electron chi connectivity index (χ1n) is 3.84. The van der Waals surface area contributed by atoms with Gasteiger partial charge in [-0.2, -0.15) is 0 Å². The number of nitrogen functional groups attached to an aromatic ring is 1. The van der Waals surface area contributed by atoms with Gasteiger partial charge in [0.2, 0.25) is 0 Å². The van der Waals surface area contributed by atoms with Crippen LogP contribution < -0.4 is 5.73 Å². The summed E-state index contributed by atoms with van der Waals surface area (Å²) in [7, 11) is 0. The smallest absolute Gasteiger partial charge is 0.133 e. The molecule has 3 N–H and O–H groups in total. The second kappa shape index (κ2) is 2.62. The Labute approximate surface area is 74.4 Å². The highest BCUT2D eigenvalue weighted by Gasteiger charge is 2.02. The van der Waals surface area contributed by atoms with Crippen molar-refractivity contribution in [2.24, 2.45) is 0 Å². The molecule has 0 saturated heterocycles. The highest BCUT2D eigenvalue weighted by molar-refractivity contribution is 5.87. The van der Waals surface area contributed by atoms with E-state index in [-0.39, 0.29) is 5.75 Å². The summed E-state index contributed by atoms with van der Waals surface area (Å²) < 4.78 is 13.2. The quantitative estimate of drug-likeness (QED) is 0.606. The first-order chi connectivity index (χ1) is 6.16. The van der Waals surface area contributed by atoms with Crippen LogP contribution in [0.5, 0.6) is 5.75 Å². The Balaban J connectivity index is 2.87. The second-order valence-electron chi connectivity index (χ2n) is 2.91. The van der Waals surface area contributed by atoms with Gasteiger partial charge in [0.25, 0.3) is 0 Å². The first-order valence-corrected chi connectivity index (χ1v) is 3.84. The Morgan fingerprint density at radius 1 is 1.15 bits per heavy atom. The van der Waals surface area contributed by atoms with E-state index in [0.29, 0.717) is 16.5 Å².